The Morgan fingerprint density at radius 1 is 0.818 bits per heavy atom. The standard InChI is InChI=1S/C18H25NO3S.C16H27NO3S/c1-13(14-7-5-4-6-8-14)19-23(21,22)12-18-10-9-15(11-16(18)20)17(18,2)3;1-12-6-4-5-9-17(12)21(19,20)11-16-8-7-13(10-14(16)18)15(16,2)3/h4-8,13,15,19H,9-12H2,1-3H3;12-13H,4-11H2,1-3H3. The molecule has 1 aromatic carbocycles. The summed E-state index contributed by atoms with van der Waals surface area (Å²) in [6.07, 6.45) is 7.52. The van der Waals surface area contributed by atoms with Gasteiger partial charge in [0.15, 0.2) is 0 Å². The smallest absolute Gasteiger partial charge is 0.215 e. The summed E-state index contributed by atoms with van der Waals surface area (Å²) in [6, 6.07) is 9.28. The van der Waals surface area contributed by atoms with Crippen LogP contribution in [0.3, 0.4) is 0 Å². The Kier molecular flexibility index (Phi) is 8.87. The van der Waals surface area contributed by atoms with Gasteiger partial charge in [0.05, 0.1) is 11.5 Å². The van der Waals surface area contributed by atoms with Gasteiger partial charge in [-0.25, -0.2) is 21.6 Å². The number of piperidine rings is 1. The van der Waals surface area contributed by atoms with Gasteiger partial charge < -0.3 is 0 Å². The highest BCUT2D eigenvalue weighted by molar-refractivity contribution is 7.89. The van der Waals surface area contributed by atoms with E-state index in [4.69, 9.17) is 0 Å². The summed E-state index contributed by atoms with van der Waals surface area (Å²) in [6.45, 7) is 12.8. The van der Waals surface area contributed by atoms with E-state index in [0.29, 0.717) is 37.6 Å². The van der Waals surface area contributed by atoms with Gasteiger partial charge in [0, 0.05) is 42.3 Å². The summed E-state index contributed by atoms with van der Waals surface area (Å²) in [5.74, 6) is 0.982. The molecule has 1 aliphatic heterocycles. The Hall–Kier alpha value is -1.62. The minimum Gasteiger partial charge on any atom is -0.299 e. The maximum atomic E-state index is 12.9. The fraction of sp³-hybridized carbons (Fsp3) is 0.765. The summed E-state index contributed by atoms with van der Waals surface area (Å²) in [5.41, 5.74) is -0.812. The summed E-state index contributed by atoms with van der Waals surface area (Å²) in [4.78, 5) is 25.0. The molecule has 8 nitrogen and oxygen atoms in total. The van der Waals surface area contributed by atoms with Crippen LogP contribution in [0.2, 0.25) is 0 Å². The van der Waals surface area contributed by atoms with Crippen molar-refractivity contribution in [2.24, 2.45) is 33.5 Å². The minimum absolute atomic E-state index is 0.0344. The number of nitrogens with one attached hydrogen (secondary N) is 1. The Balaban J connectivity index is 0.000000175. The number of rotatable bonds is 8. The van der Waals surface area contributed by atoms with Crippen LogP contribution >= 0.6 is 0 Å². The normalized spacial score (nSPS) is 35.0. The zero-order valence-electron chi connectivity index (χ0n) is 27.4. The molecule has 246 valence electrons. The van der Waals surface area contributed by atoms with Crippen molar-refractivity contribution in [2.45, 2.75) is 111 Å². The second-order valence-electron chi connectivity index (χ2n) is 15.6. The largest absolute Gasteiger partial charge is 0.299 e. The highest BCUT2D eigenvalue weighted by Gasteiger charge is 2.66. The zero-order valence-corrected chi connectivity index (χ0v) is 29.0. The zero-order chi connectivity index (χ0) is 32.3. The van der Waals surface area contributed by atoms with E-state index in [1.807, 2.05) is 44.2 Å². The fourth-order valence-corrected chi connectivity index (χ4v) is 14.2. The number of sulfonamides is 2. The van der Waals surface area contributed by atoms with Crippen LogP contribution in [0.15, 0.2) is 30.3 Å². The van der Waals surface area contributed by atoms with E-state index >= 15 is 0 Å². The minimum atomic E-state index is -3.53. The Morgan fingerprint density at radius 3 is 1.80 bits per heavy atom. The molecular formula is C34H52N2O6S2. The molecule has 1 saturated heterocycles. The summed E-state index contributed by atoms with van der Waals surface area (Å²) in [7, 11) is -6.88. The Labute approximate surface area is 265 Å². The van der Waals surface area contributed by atoms with Crippen molar-refractivity contribution in [1.82, 2.24) is 9.03 Å². The molecule has 1 N–H and O–H groups in total. The molecule has 4 saturated carbocycles. The Morgan fingerprint density at radius 2 is 1.34 bits per heavy atom. The lowest BCUT2D eigenvalue weighted by Gasteiger charge is -2.40. The van der Waals surface area contributed by atoms with Gasteiger partial charge in [-0.1, -0.05) is 64.4 Å². The molecule has 10 heteroatoms. The summed E-state index contributed by atoms with van der Waals surface area (Å²) >= 11 is 0. The van der Waals surface area contributed by atoms with Gasteiger partial charge in [-0.15, -0.1) is 0 Å². The third kappa shape index (κ3) is 5.53. The number of hydrogen-bond donors (Lipinski definition) is 1. The molecule has 1 aromatic rings. The van der Waals surface area contributed by atoms with Crippen LogP contribution in [-0.4, -0.2) is 56.8 Å². The second-order valence-corrected chi connectivity index (χ2v) is 19.2. The van der Waals surface area contributed by atoms with E-state index in [2.05, 4.69) is 32.4 Å². The molecule has 4 bridgehead atoms. The monoisotopic (exact) mass is 648 g/mol. The molecule has 5 aliphatic rings. The van der Waals surface area contributed by atoms with Crippen LogP contribution in [0.25, 0.3) is 0 Å². The molecule has 44 heavy (non-hydrogen) atoms. The third-order valence-electron chi connectivity index (χ3n) is 12.9. The molecular weight excluding hydrogens is 597 g/mol. The van der Waals surface area contributed by atoms with Crippen molar-refractivity contribution in [1.29, 1.82) is 0 Å². The maximum absolute atomic E-state index is 12.9. The van der Waals surface area contributed by atoms with Crippen LogP contribution < -0.4 is 4.72 Å². The lowest BCUT2D eigenvalue weighted by molar-refractivity contribution is -0.128. The lowest BCUT2D eigenvalue weighted by atomic mass is 9.70. The lowest BCUT2D eigenvalue weighted by Crippen LogP contribution is -2.50. The highest BCUT2D eigenvalue weighted by atomic mass is 32.2. The molecule has 5 fully saturated rings. The maximum Gasteiger partial charge on any atom is 0.215 e. The summed E-state index contributed by atoms with van der Waals surface area (Å²) < 4.78 is 55.8. The molecule has 0 aromatic heterocycles. The number of nitrogens with zero attached hydrogens (tertiary/aromatic N) is 1. The first-order chi connectivity index (χ1) is 20.4. The van der Waals surface area contributed by atoms with E-state index in [1.165, 1.54) is 0 Å². The molecule has 0 spiro atoms. The molecule has 1 heterocycles. The van der Waals surface area contributed by atoms with Crippen molar-refractivity contribution in [2.75, 3.05) is 18.1 Å². The molecule has 0 amide bonds. The molecule has 4 aliphatic carbocycles. The van der Waals surface area contributed by atoms with Crippen molar-refractivity contribution in [3.8, 4) is 0 Å². The number of carbonyl (C=O) groups excluding carboxylic acids is 2. The predicted molar refractivity (Wildman–Crippen MR) is 173 cm³/mol. The average molecular weight is 649 g/mol. The first-order valence-corrected chi connectivity index (χ1v) is 19.8. The van der Waals surface area contributed by atoms with E-state index < -0.39 is 30.9 Å². The number of benzene rings is 1. The van der Waals surface area contributed by atoms with Crippen molar-refractivity contribution < 1.29 is 26.4 Å². The van der Waals surface area contributed by atoms with Crippen molar-refractivity contribution in [3.05, 3.63) is 35.9 Å². The molecule has 6 unspecified atom stereocenters. The predicted octanol–water partition coefficient (Wildman–Crippen LogP) is 5.65. The SMILES string of the molecule is CC(NS(=O)(=O)CC12CCC(CC1=O)C2(C)C)c1ccccc1.CC1CCCCN1S(=O)(=O)CC12CCC(CC1=O)C2(C)C. The van der Waals surface area contributed by atoms with Crippen LogP contribution in [0.5, 0.6) is 0 Å². The topological polar surface area (TPSA) is 118 Å². The van der Waals surface area contributed by atoms with Gasteiger partial charge in [-0.3, -0.25) is 9.59 Å². The van der Waals surface area contributed by atoms with E-state index in [0.717, 1.165) is 44.1 Å². The van der Waals surface area contributed by atoms with Gasteiger partial charge >= 0.3 is 0 Å². The number of carbonyl (C=O) groups is 2. The second kappa shape index (κ2) is 11.6. The molecule has 0 radical (unpaired) electrons. The van der Waals surface area contributed by atoms with Crippen molar-refractivity contribution in [3.63, 3.8) is 0 Å². The van der Waals surface area contributed by atoms with E-state index in [9.17, 15) is 26.4 Å². The first-order valence-electron chi connectivity index (χ1n) is 16.5. The van der Waals surface area contributed by atoms with E-state index in [-0.39, 0.29) is 46.0 Å². The summed E-state index contributed by atoms with van der Waals surface area (Å²) in [5, 5.41) is 0. The van der Waals surface area contributed by atoms with Crippen LogP contribution in [0.4, 0.5) is 0 Å². The highest BCUT2D eigenvalue weighted by Crippen LogP contribution is 2.65. The van der Waals surface area contributed by atoms with Gasteiger partial charge in [0.2, 0.25) is 20.0 Å². The van der Waals surface area contributed by atoms with Gasteiger partial charge in [0.1, 0.15) is 11.6 Å². The van der Waals surface area contributed by atoms with E-state index in [1.54, 1.807) is 4.31 Å². The quantitative estimate of drug-likeness (QED) is 0.390. The van der Waals surface area contributed by atoms with Gasteiger partial charge in [-0.2, -0.15) is 4.31 Å². The molecule has 6 rings (SSSR count). The van der Waals surface area contributed by atoms with Crippen LogP contribution in [-0.2, 0) is 29.6 Å². The number of ketones is 2. The third-order valence-corrected chi connectivity index (χ3v) is 16.6. The number of Topliss-reactive ketones (excluding diaryl/α,β-unsaturated/α-hetero) is 2. The van der Waals surface area contributed by atoms with Gasteiger partial charge in [-0.05, 0) is 80.6 Å². The van der Waals surface area contributed by atoms with Crippen molar-refractivity contribution >= 4 is 31.6 Å². The van der Waals surface area contributed by atoms with Gasteiger partial charge in [0.25, 0.3) is 0 Å². The Bertz CT molecular complexity index is 1490. The van der Waals surface area contributed by atoms with Crippen LogP contribution in [0, 0.1) is 33.5 Å². The first kappa shape index (κ1) is 33.7. The fourth-order valence-electron chi connectivity index (χ4n) is 9.54. The average Bonchev–Trinajstić information content (AvgIpc) is 3.46. The number of fused-ring (bicyclic) bond motifs is 4. The molecule has 6 atom stereocenters. The van der Waals surface area contributed by atoms with Crippen LogP contribution in [0.1, 0.15) is 111 Å². The number of hydrogen-bond acceptors (Lipinski definition) is 6.